The fraction of sp³-hybridized carbons (Fsp3) is 0. The minimum absolute atomic E-state index is 0.868. The smallest absolute Gasteiger partial charge is 0.135 e. The molecule has 0 N–H and O–H groups in total. The fourth-order valence-corrected chi connectivity index (χ4v) is 13.2. The first-order chi connectivity index (χ1) is 41.6. The van der Waals surface area contributed by atoms with Gasteiger partial charge in [0.25, 0.3) is 0 Å². The summed E-state index contributed by atoms with van der Waals surface area (Å²) in [6.45, 7) is 0. The summed E-state index contributed by atoms with van der Waals surface area (Å²) in [6, 6.07) is 113. The van der Waals surface area contributed by atoms with Gasteiger partial charge in [-0.2, -0.15) is 0 Å². The monoisotopic (exact) mass is 1070 g/mol. The Kier molecular flexibility index (Phi) is 10.9. The predicted octanol–water partition coefficient (Wildman–Crippen LogP) is 21.7. The Morgan fingerprint density at radius 1 is 0.190 bits per heavy atom. The Morgan fingerprint density at radius 3 is 1.13 bits per heavy atom. The molecule has 4 aromatic heterocycles. The van der Waals surface area contributed by atoms with Crippen LogP contribution in [0, 0.1) is 0 Å². The second-order valence-corrected chi connectivity index (χ2v) is 22.1. The highest BCUT2D eigenvalue weighted by molar-refractivity contribution is 6.23. The lowest BCUT2D eigenvalue weighted by Crippen LogP contribution is -2.02. The molecule has 0 spiro atoms. The molecule has 0 fully saturated rings. The van der Waals surface area contributed by atoms with Crippen molar-refractivity contribution in [1.82, 2.24) is 13.7 Å². The molecule has 17 rings (SSSR count). The zero-order valence-corrected chi connectivity index (χ0v) is 45.7. The molecule has 4 heteroatoms. The molecule has 0 saturated heterocycles. The predicted molar refractivity (Wildman–Crippen MR) is 352 cm³/mol. The van der Waals surface area contributed by atoms with Crippen LogP contribution in [0.25, 0.3) is 160 Å². The molecule has 0 amide bonds. The SMILES string of the molecule is c1ccc(-c2cccc(-c3cccc(-c4cccc(-c5ccc6oc7ccc(-c8ccc9c(c8)c8c%10ccc(-n%11c%12ccccc%12c%12ccc(-c%13ccccc%13)cc%12%11)cc%10n(-c%10ccccc%10)c8n9-c8ccccc8)cc7c6c5)c4)c3)c2)cc1. The van der Waals surface area contributed by atoms with Crippen molar-refractivity contribution in [2.24, 2.45) is 0 Å². The van der Waals surface area contributed by atoms with Gasteiger partial charge in [-0.1, -0.05) is 206 Å². The molecule has 0 atom stereocenters. The lowest BCUT2D eigenvalue weighted by atomic mass is 9.94. The van der Waals surface area contributed by atoms with Crippen LogP contribution in [0.5, 0.6) is 0 Å². The maximum atomic E-state index is 6.59. The van der Waals surface area contributed by atoms with Crippen LogP contribution in [0.15, 0.2) is 314 Å². The second-order valence-electron chi connectivity index (χ2n) is 22.1. The molecule has 0 unspecified atom stereocenters. The normalized spacial score (nSPS) is 11.8. The van der Waals surface area contributed by atoms with Gasteiger partial charge in [-0.05, 0) is 170 Å². The summed E-state index contributed by atoms with van der Waals surface area (Å²) in [5, 5.41) is 8.23. The highest BCUT2D eigenvalue weighted by atomic mass is 16.3. The van der Waals surface area contributed by atoms with Crippen LogP contribution >= 0.6 is 0 Å². The van der Waals surface area contributed by atoms with Crippen LogP contribution in [0.2, 0.25) is 0 Å². The van der Waals surface area contributed by atoms with Gasteiger partial charge < -0.3 is 8.98 Å². The maximum Gasteiger partial charge on any atom is 0.135 e. The topological polar surface area (TPSA) is 27.9 Å². The largest absolute Gasteiger partial charge is 0.456 e. The number of benzene rings is 13. The van der Waals surface area contributed by atoms with E-state index >= 15 is 0 Å². The number of furan rings is 1. The lowest BCUT2D eigenvalue weighted by molar-refractivity contribution is 0.669. The van der Waals surface area contributed by atoms with E-state index in [4.69, 9.17) is 4.42 Å². The first-order valence-corrected chi connectivity index (χ1v) is 28.8. The quantitative estimate of drug-likeness (QED) is 0.142. The van der Waals surface area contributed by atoms with E-state index in [0.717, 1.165) is 77.9 Å². The molecule has 17 aromatic rings. The summed E-state index contributed by atoms with van der Waals surface area (Å²) in [5.41, 5.74) is 24.9. The van der Waals surface area contributed by atoms with E-state index in [1.807, 2.05) is 0 Å². The van der Waals surface area contributed by atoms with Gasteiger partial charge in [-0.3, -0.25) is 9.13 Å². The van der Waals surface area contributed by atoms with Crippen molar-refractivity contribution in [3.63, 3.8) is 0 Å². The molecule has 84 heavy (non-hydrogen) atoms. The van der Waals surface area contributed by atoms with Gasteiger partial charge in [0.1, 0.15) is 16.8 Å². The standard InChI is InChI=1S/C80H51N3O/c1-5-18-52(19-6-1)54-22-15-23-55(44-54)56-24-16-25-57(45-56)58-26-17-27-59(46-58)61-36-42-77-70(47-61)71-48-62(37-43-78(71)84-77)60-35-41-74-72(49-60)79-69-40-38-66(51-76(69)83(65-30-11-4-12-31-65)80(79)82(74)64-28-9-3-10-29-64)81-73-33-14-13-32-67(73)68-39-34-63(50-75(68)81)53-20-7-2-8-21-53/h1-51H. The third-order valence-corrected chi connectivity index (χ3v) is 17.2. The highest BCUT2D eigenvalue weighted by Crippen LogP contribution is 2.45. The summed E-state index contributed by atoms with van der Waals surface area (Å²) < 4.78 is 14.0. The van der Waals surface area contributed by atoms with Crippen LogP contribution in [-0.2, 0) is 0 Å². The molecular weight excluding hydrogens is 1020 g/mol. The Hall–Kier alpha value is -11.2. The van der Waals surface area contributed by atoms with Crippen molar-refractivity contribution < 1.29 is 4.42 Å². The number of fused-ring (bicyclic) bond motifs is 11. The van der Waals surface area contributed by atoms with Gasteiger partial charge in [0.05, 0.1) is 22.1 Å². The lowest BCUT2D eigenvalue weighted by Gasteiger charge is -2.14. The summed E-state index contributed by atoms with van der Waals surface area (Å²) in [4.78, 5) is 0. The minimum Gasteiger partial charge on any atom is -0.456 e. The van der Waals surface area contributed by atoms with E-state index in [0.29, 0.717) is 0 Å². The van der Waals surface area contributed by atoms with Gasteiger partial charge in [0.2, 0.25) is 0 Å². The highest BCUT2D eigenvalue weighted by Gasteiger charge is 2.25. The van der Waals surface area contributed by atoms with Gasteiger partial charge in [0.15, 0.2) is 0 Å². The van der Waals surface area contributed by atoms with Crippen LogP contribution in [0.4, 0.5) is 0 Å². The number of hydrogen-bond acceptors (Lipinski definition) is 1. The fourth-order valence-electron chi connectivity index (χ4n) is 13.2. The molecule has 0 radical (unpaired) electrons. The van der Waals surface area contributed by atoms with Gasteiger partial charge in [-0.15, -0.1) is 0 Å². The first-order valence-electron chi connectivity index (χ1n) is 28.8. The molecule has 0 aliphatic heterocycles. The van der Waals surface area contributed by atoms with Crippen LogP contribution in [-0.4, -0.2) is 13.7 Å². The third kappa shape index (κ3) is 7.76. The molecule has 4 nitrogen and oxygen atoms in total. The number of aromatic nitrogens is 3. The van der Waals surface area contributed by atoms with Gasteiger partial charge in [-0.25, -0.2) is 0 Å². The van der Waals surface area contributed by atoms with Crippen molar-refractivity contribution in [2.45, 2.75) is 0 Å². The number of rotatable bonds is 9. The average molecular weight is 1070 g/mol. The summed E-state index contributed by atoms with van der Waals surface area (Å²) in [6.07, 6.45) is 0. The Labute approximate surface area is 485 Å². The molecule has 0 aliphatic carbocycles. The summed E-state index contributed by atoms with van der Waals surface area (Å²) in [7, 11) is 0. The molecule has 0 aliphatic rings. The van der Waals surface area contributed by atoms with Crippen molar-refractivity contribution in [2.75, 3.05) is 0 Å². The van der Waals surface area contributed by atoms with Crippen LogP contribution in [0.1, 0.15) is 0 Å². The van der Waals surface area contributed by atoms with Crippen molar-refractivity contribution in [3.05, 3.63) is 309 Å². The average Bonchev–Trinajstić information content (AvgIpc) is 1.92. The van der Waals surface area contributed by atoms with E-state index in [1.165, 1.54) is 82.5 Å². The maximum absolute atomic E-state index is 6.59. The number of nitrogens with zero attached hydrogens (tertiary/aromatic N) is 3. The van der Waals surface area contributed by atoms with Gasteiger partial charge in [0, 0.05) is 54.8 Å². The Balaban J connectivity index is 0.798. The zero-order chi connectivity index (χ0) is 55.2. The molecule has 0 bridgehead atoms. The molecule has 392 valence electrons. The van der Waals surface area contributed by atoms with E-state index in [2.05, 4.69) is 323 Å². The van der Waals surface area contributed by atoms with Crippen LogP contribution < -0.4 is 0 Å². The molecule has 13 aromatic carbocycles. The third-order valence-electron chi connectivity index (χ3n) is 17.2. The summed E-state index contributed by atoms with van der Waals surface area (Å²) >= 11 is 0. The zero-order valence-electron chi connectivity index (χ0n) is 45.7. The van der Waals surface area contributed by atoms with Crippen molar-refractivity contribution in [3.8, 4) is 83.8 Å². The van der Waals surface area contributed by atoms with E-state index in [9.17, 15) is 0 Å². The minimum atomic E-state index is 0.868. The van der Waals surface area contributed by atoms with E-state index in [-0.39, 0.29) is 0 Å². The Bertz CT molecular complexity index is 5410. The van der Waals surface area contributed by atoms with Crippen molar-refractivity contribution >= 4 is 76.6 Å². The molecule has 0 saturated carbocycles. The van der Waals surface area contributed by atoms with Crippen molar-refractivity contribution in [1.29, 1.82) is 0 Å². The van der Waals surface area contributed by atoms with Gasteiger partial charge >= 0.3 is 0 Å². The van der Waals surface area contributed by atoms with E-state index in [1.54, 1.807) is 0 Å². The second kappa shape index (κ2) is 19.2. The molecule has 4 heterocycles. The summed E-state index contributed by atoms with van der Waals surface area (Å²) in [5.74, 6) is 0. The molecular formula is C80H51N3O. The van der Waals surface area contributed by atoms with E-state index < -0.39 is 0 Å². The van der Waals surface area contributed by atoms with Crippen LogP contribution in [0.3, 0.4) is 0 Å². The Morgan fingerprint density at radius 2 is 0.571 bits per heavy atom. The number of hydrogen-bond donors (Lipinski definition) is 0. The first kappa shape index (κ1) is 47.6. The number of para-hydroxylation sites is 3.